The van der Waals surface area contributed by atoms with Crippen LogP contribution >= 0.6 is 0 Å². The number of nitrogens with two attached hydrogens (primary N) is 1. The minimum atomic E-state index is -0.206. The van der Waals surface area contributed by atoms with Crippen LogP contribution in [0.4, 0.5) is 0 Å². The molecule has 2 unspecified atom stereocenters. The lowest BCUT2D eigenvalue weighted by Crippen LogP contribution is -2.41. The van der Waals surface area contributed by atoms with Gasteiger partial charge in [-0.05, 0) is 19.5 Å². The Labute approximate surface area is 127 Å². The standard InChI is InChI=1S/C16H27N3O2/c1-13(11-18-16(20)9-15(10-17)21-3)19(2)12-14-7-5-4-6-8-14/h4-8,13,15H,9-12,17H2,1-3H3,(H,18,20). The summed E-state index contributed by atoms with van der Waals surface area (Å²) in [6, 6.07) is 10.5. The van der Waals surface area contributed by atoms with Gasteiger partial charge in [0.25, 0.3) is 0 Å². The highest BCUT2D eigenvalue weighted by Crippen LogP contribution is 2.05. The summed E-state index contributed by atoms with van der Waals surface area (Å²) < 4.78 is 5.11. The highest BCUT2D eigenvalue weighted by molar-refractivity contribution is 5.76. The van der Waals surface area contributed by atoms with E-state index in [-0.39, 0.29) is 18.1 Å². The van der Waals surface area contributed by atoms with Crippen molar-refractivity contribution in [2.24, 2.45) is 5.73 Å². The van der Waals surface area contributed by atoms with E-state index in [0.717, 1.165) is 6.54 Å². The van der Waals surface area contributed by atoms with Crippen LogP contribution in [-0.2, 0) is 16.1 Å². The maximum absolute atomic E-state index is 11.8. The predicted octanol–water partition coefficient (Wildman–Crippen LogP) is 0.987. The van der Waals surface area contributed by atoms with Gasteiger partial charge in [0.2, 0.25) is 5.91 Å². The van der Waals surface area contributed by atoms with E-state index >= 15 is 0 Å². The van der Waals surface area contributed by atoms with Crippen LogP contribution in [0, 0.1) is 0 Å². The number of methoxy groups -OCH3 is 1. The molecule has 0 saturated heterocycles. The largest absolute Gasteiger partial charge is 0.380 e. The van der Waals surface area contributed by atoms with Crippen molar-refractivity contribution < 1.29 is 9.53 Å². The van der Waals surface area contributed by atoms with Gasteiger partial charge in [0.05, 0.1) is 12.5 Å². The summed E-state index contributed by atoms with van der Waals surface area (Å²) >= 11 is 0. The molecule has 1 rings (SSSR count). The van der Waals surface area contributed by atoms with Crippen LogP contribution in [0.3, 0.4) is 0 Å². The summed E-state index contributed by atoms with van der Waals surface area (Å²) in [6.45, 7) is 3.93. The fraction of sp³-hybridized carbons (Fsp3) is 0.562. The van der Waals surface area contributed by atoms with Gasteiger partial charge < -0.3 is 15.8 Å². The van der Waals surface area contributed by atoms with Crippen LogP contribution < -0.4 is 11.1 Å². The van der Waals surface area contributed by atoms with E-state index in [4.69, 9.17) is 10.5 Å². The van der Waals surface area contributed by atoms with Crippen molar-refractivity contribution in [1.29, 1.82) is 0 Å². The SMILES string of the molecule is COC(CN)CC(=O)NCC(C)N(C)Cc1ccccc1. The summed E-state index contributed by atoms with van der Waals surface area (Å²) in [5.74, 6) is -0.0211. The summed E-state index contributed by atoms with van der Waals surface area (Å²) in [5, 5.41) is 2.93. The second-order valence-corrected chi connectivity index (χ2v) is 5.35. The van der Waals surface area contributed by atoms with E-state index in [1.807, 2.05) is 18.2 Å². The number of nitrogens with zero attached hydrogens (tertiary/aromatic N) is 1. The van der Waals surface area contributed by atoms with Gasteiger partial charge >= 0.3 is 0 Å². The van der Waals surface area contributed by atoms with Crippen LogP contribution in [0.2, 0.25) is 0 Å². The smallest absolute Gasteiger partial charge is 0.222 e. The highest BCUT2D eigenvalue weighted by atomic mass is 16.5. The maximum Gasteiger partial charge on any atom is 0.222 e. The molecule has 3 N–H and O–H groups in total. The lowest BCUT2D eigenvalue weighted by Gasteiger charge is -2.25. The van der Waals surface area contributed by atoms with Gasteiger partial charge in [-0.1, -0.05) is 30.3 Å². The number of amides is 1. The predicted molar refractivity (Wildman–Crippen MR) is 84.8 cm³/mol. The monoisotopic (exact) mass is 293 g/mol. The van der Waals surface area contributed by atoms with Crippen molar-refractivity contribution in [3.05, 3.63) is 35.9 Å². The van der Waals surface area contributed by atoms with E-state index in [1.54, 1.807) is 7.11 Å². The van der Waals surface area contributed by atoms with E-state index < -0.39 is 0 Å². The first-order valence-electron chi connectivity index (χ1n) is 7.30. The number of carbonyl (C=O) groups is 1. The van der Waals surface area contributed by atoms with Gasteiger partial charge in [0.1, 0.15) is 0 Å². The molecule has 0 saturated carbocycles. The number of hydrogen-bond acceptors (Lipinski definition) is 4. The van der Waals surface area contributed by atoms with E-state index in [2.05, 4.69) is 36.3 Å². The first-order valence-corrected chi connectivity index (χ1v) is 7.30. The van der Waals surface area contributed by atoms with Gasteiger partial charge in [0.15, 0.2) is 0 Å². The summed E-state index contributed by atoms with van der Waals surface area (Å²) in [7, 11) is 3.63. The molecule has 0 aromatic heterocycles. The Balaban J connectivity index is 2.32. The number of benzene rings is 1. The van der Waals surface area contributed by atoms with Crippen molar-refractivity contribution >= 4 is 5.91 Å². The van der Waals surface area contributed by atoms with Crippen molar-refractivity contribution in [3.63, 3.8) is 0 Å². The Hall–Kier alpha value is -1.43. The average Bonchev–Trinajstić information content (AvgIpc) is 2.51. The lowest BCUT2D eigenvalue weighted by atomic mass is 10.2. The molecule has 5 nitrogen and oxygen atoms in total. The maximum atomic E-state index is 11.8. The number of ether oxygens (including phenoxy) is 1. The molecule has 0 bridgehead atoms. The Bertz CT molecular complexity index is 407. The Kier molecular flexibility index (Phi) is 7.97. The zero-order valence-electron chi connectivity index (χ0n) is 13.2. The lowest BCUT2D eigenvalue weighted by molar-refractivity contribution is -0.123. The van der Waals surface area contributed by atoms with Gasteiger partial charge in [-0.3, -0.25) is 9.69 Å². The molecule has 5 heteroatoms. The summed E-state index contributed by atoms with van der Waals surface area (Å²) in [5.41, 5.74) is 6.77. The summed E-state index contributed by atoms with van der Waals surface area (Å²) in [6.07, 6.45) is 0.102. The van der Waals surface area contributed by atoms with Crippen LogP contribution in [0.25, 0.3) is 0 Å². The third kappa shape index (κ3) is 6.71. The van der Waals surface area contributed by atoms with Crippen molar-refractivity contribution in [2.75, 3.05) is 27.2 Å². The number of likely N-dealkylation sites (N-methyl/N-ethyl adjacent to an activating group) is 1. The molecular formula is C16H27N3O2. The van der Waals surface area contributed by atoms with Crippen LogP contribution in [0.1, 0.15) is 18.9 Å². The minimum absolute atomic E-state index is 0.0211. The molecule has 0 aliphatic carbocycles. The molecule has 0 fully saturated rings. The van der Waals surface area contributed by atoms with Gasteiger partial charge in [-0.25, -0.2) is 0 Å². The zero-order valence-corrected chi connectivity index (χ0v) is 13.2. The van der Waals surface area contributed by atoms with Gasteiger partial charge in [0, 0.05) is 32.8 Å². The molecular weight excluding hydrogens is 266 g/mol. The quantitative estimate of drug-likeness (QED) is 0.712. The zero-order chi connectivity index (χ0) is 15.7. The van der Waals surface area contributed by atoms with E-state index in [9.17, 15) is 4.79 Å². The molecule has 0 aliphatic heterocycles. The molecule has 1 aromatic carbocycles. The van der Waals surface area contributed by atoms with Crippen molar-refractivity contribution in [2.45, 2.75) is 32.0 Å². The van der Waals surface area contributed by atoms with Gasteiger partial charge in [-0.15, -0.1) is 0 Å². The fourth-order valence-electron chi connectivity index (χ4n) is 1.99. The van der Waals surface area contributed by atoms with Crippen LogP contribution in [0.5, 0.6) is 0 Å². The normalized spacial score (nSPS) is 14.0. The Morgan fingerprint density at radius 1 is 1.38 bits per heavy atom. The molecule has 21 heavy (non-hydrogen) atoms. The second-order valence-electron chi connectivity index (χ2n) is 5.35. The van der Waals surface area contributed by atoms with E-state index in [0.29, 0.717) is 19.5 Å². The molecule has 2 atom stereocenters. The molecule has 0 heterocycles. The van der Waals surface area contributed by atoms with Crippen molar-refractivity contribution in [1.82, 2.24) is 10.2 Å². The third-order valence-electron chi connectivity index (χ3n) is 3.63. The average molecular weight is 293 g/mol. The molecule has 1 aromatic rings. The molecule has 0 radical (unpaired) electrons. The highest BCUT2D eigenvalue weighted by Gasteiger charge is 2.14. The molecule has 0 spiro atoms. The summed E-state index contributed by atoms with van der Waals surface area (Å²) in [4.78, 5) is 14.0. The number of carbonyl (C=O) groups excluding carboxylic acids is 1. The molecule has 1 amide bonds. The minimum Gasteiger partial charge on any atom is -0.380 e. The van der Waals surface area contributed by atoms with Gasteiger partial charge in [-0.2, -0.15) is 0 Å². The number of rotatable bonds is 9. The number of nitrogens with one attached hydrogen (secondary N) is 1. The van der Waals surface area contributed by atoms with Crippen LogP contribution in [-0.4, -0.2) is 50.2 Å². The Morgan fingerprint density at radius 3 is 2.62 bits per heavy atom. The first-order chi connectivity index (χ1) is 10.1. The van der Waals surface area contributed by atoms with E-state index in [1.165, 1.54) is 5.56 Å². The third-order valence-corrected chi connectivity index (χ3v) is 3.63. The number of hydrogen-bond donors (Lipinski definition) is 2. The second kappa shape index (κ2) is 9.50. The topological polar surface area (TPSA) is 67.6 Å². The molecule has 0 aliphatic rings. The van der Waals surface area contributed by atoms with Crippen LogP contribution in [0.15, 0.2) is 30.3 Å². The Morgan fingerprint density at radius 2 is 2.05 bits per heavy atom. The fourth-order valence-corrected chi connectivity index (χ4v) is 1.99. The van der Waals surface area contributed by atoms with Crippen molar-refractivity contribution in [3.8, 4) is 0 Å². The molecule has 118 valence electrons. The first kappa shape index (κ1) is 17.6.